The average molecular weight is 573 g/mol. The number of furan rings is 1. The third-order valence-electron chi connectivity index (χ3n) is 6.89. The van der Waals surface area contributed by atoms with Crippen LogP contribution in [0.2, 0.25) is 0 Å². The molecular weight excluding hydrogens is 520 g/mol. The van der Waals surface area contributed by atoms with E-state index in [0.717, 1.165) is 0 Å². The maximum atomic E-state index is 9.46. The van der Waals surface area contributed by atoms with Gasteiger partial charge in [0.25, 0.3) is 0 Å². The maximum Gasteiger partial charge on any atom is 0.136 e. The molecule has 0 atom stereocenters. The molecule has 8 aromatic carbocycles. The van der Waals surface area contributed by atoms with Gasteiger partial charge in [-0.25, -0.2) is 0 Å². The highest BCUT2D eigenvalue weighted by molar-refractivity contribution is 6.21. The van der Waals surface area contributed by atoms with Crippen LogP contribution in [0.4, 0.5) is 0 Å². The Hall–Kier alpha value is -5.66. The highest BCUT2D eigenvalue weighted by Gasteiger charge is 2.16. The molecule has 0 amide bonds. The summed E-state index contributed by atoms with van der Waals surface area (Å²) in [6.07, 6.45) is 0. The van der Waals surface area contributed by atoms with E-state index in [1.807, 2.05) is 0 Å². The molecule has 1 heteroatoms. The number of hydrogen-bond acceptors (Lipinski definition) is 1. The lowest BCUT2D eigenvalue weighted by Crippen LogP contribution is -1.90. The molecule has 0 aliphatic rings. The number of benzene rings is 8. The Bertz CT molecular complexity index is 3830. The van der Waals surface area contributed by atoms with Gasteiger partial charge in [-0.15, -0.1) is 0 Å². The molecule has 200 valence electrons. The van der Waals surface area contributed by atoms with Crippen molar-refractivity contribution in [3.8, 4) is 33.4 Å². The van der Waals surface area contributed by atoms with E-state index in [1.54, 1.807) is 0 Å². The molecule has 0 saturated carbocycles. The molecule has 0 unspecified atom stereocenters. The third-order valence-corrected chi connectivity index (χ3v) is 6.89. The van der Waals surface area contributed by atoms with Crippen LogP contribution in [0.15, 0.2) is 162 Å². The molecule has 9 rings (SSSR count). The van der Waals surface area contributed by atoms with Crippen molar-refractivity contribution in [3.05, 3.63) is 157 Å². The van der Waals surface area contributed by atoms with Crippen molar-refractivity contribution in [2.24, 2.45) is 0 Å². The highest BCUT2D eigenvalue weighted by atomic mass is 16.3. The second-order valence-electron chi connectivity index (χ2n) is 9.26. The molecule has 1 heterocycles. The van der Waals surface area contributed by atoms with Gasteiger partial charge in [-0.1, -0.05) is 133 Å². The fraction of sp³-hybridized carbons (Fsp3) is 0. The van der Waals surface area contributed by atoms with E-state index in [1.165, 1.54) is 0 Å². The maximum absolute atomic E-state index is 9.46. The zero-order valence-corrected chi connectivity index (χ0v) is 21.4. The molecule has 1 nitrogen and oxygen atoms in total. The van der Waals surface area contributed by atoms with Crippen molar-refractivity contribution in [2.75, 3.05) is 0 Å². The van der Waals surface area contributed by atoms with Crippen LogP contribution >= 0.6 is 0 Å². The van der Waals surface area contributed by atoms with Gasteiger partial charge in [0.15, 0.2) is 0 Å². The minimum absolute atomic E-state index is 0.360. The highest BCUT2D eigenvalue weighted by Crippen LogP contribution is 2.44. The minimum Gasteiger partial charge on any atom is -0.456 e. The van der Waals surface area contributed by atoms with E-state index in [-0.39, 0.29) is 5.39 Å². The minimum atomic E-state index is -1.06. The first-order valence-corrected chi connectivity index (χ1v) is 12.7. The van der Waals surface area contributed by atoms with Crippen molar-refractivity contribution in [1.82, 2.24) is 0 Å². The van der Waals surface area contributed by atoms with E-state index < -0.39 is 239 Å². The first-order chi connectivity index (χ1) is 32.2. The molecule has 0 aliphatic heterocycles. The van der Waals surface area contributed by atoms with Crippen LogP contribution in [0.1, 0.15) is 35.6 Å². The molecule has 0 aliphatic carbocycles. The Morgan fingerprint density at radius 2 is 0.791 bits per heavy atom. The van der Waals surface area contributed by atoms with E-state index in [4.69, 9.17) is 30.5 Å². The number of hydrogen-bond donors (Lipinski definition) is 0. The average Bonchev–Trinajstić information content (AvgIpc) is 3.74. The van der Waals surface area contributed by atoms with Gasteiger partial charge in [-0.05, 0) is 89.9 Å². The molecule has 0 N–H and O–H groups in total. The zero-order valence-electron chi connectivity index (χ0n) is 47.4. The number of rotatable bonds is 3. The van der Waals surface area contributed by atoms with Crippen molar-refractivity contribution in [2.45, 2.75) is 0 Å². The first kappa shape index (κ1) is 9.69. The topological polar surface area (TPSA) is 13.1 Å². The van der Waals surface area contributed by atoms with Crippen LogP contribution in [-0.2, 0) is 0 Å². The summed E-state index contributed by atoms with van der Waals surface area (Å²) in [5, 5.41) is -4.33. The predicted octanol–water partition coefficient (Wildman–Crippen LogP) is 12.0. The van der Waals surface area contributed by atoms with Crippen LogP contribution in [-0.4, -0.2) is 0 Å². The van der Waals surface area contributed by atoms with Gasteiger partial charge in [-0.2, -0.15) is 0 Å². The van der Waals surface area contributed by atoms with Gasteiger partial charge in [0.05, 0.1) is 35.6 Å². The second-order valence-corrected chi connectivity index (χ2v) is 9.26. The normalized spacial score (nSPS) is 20.2. The summed E-state index contributed by atoms with van der Waals surface area (Å²) in [7, 11) is 0. The molecule has 0 bridgehead atoms. The molecule has 0 radical (unpaired) electrons. The lowest BCUT2D eigenvalue weighted by atomic mass is 9.86. The quantitative estimate of drug-likeness (QED) is 0.192. The summed E-state index contributed by atoms with van der Waals surface area (Å²) in [6.45, 7) is 0. The van der Waals surface area contributed by atoms with Gasteiger partial charge in [-0.3, -0.25) is 0 Å². The van der Waals surface area contributed by atoms with Crippen LogP contribution in [0, 0.1) is 0 Å². The van der Waals surface area contributed by atoms with E-state index in [0.29, 0.717) is 0 Å². The van der Waals surface area contributed by atoms with E-state index >= 15 is 0 Å². The Kier molecular flexibility index (Phi) is 2.13. The Labute approximate surface area is 285 Å². The summed E-state index contributed by atoms with van der Waals surface area (Å²) in [6, 6.07) is -22.9. The molecule has 43 heavy (non-hydrogen) atoms. The summed E-state index contributed by atoms with van der Waals surface area (Å²) >= 11 is 0. The smallest absolute Gasteiger partial charge is 0.136 e. The Morgan fingerprint density at radius 1 is 0.326 bits per heavy atom. The Morgan fingerprint density at radius 3 is 1.42 bits per heavy atom. The van der Waals surface area contributed by atoms with Gasteiger partial charge < -0.3 is 4.42 Å². The van der Waals surface area contributed by atoms with Crippen molar-refractivity contribution < 1.29 is 40.1 Å². The fourth-order valence-electron chi connectivity index (χ4n) is 5.04. The van der Waals surface area contributed by atoms with Gasteiger partial charge in [0, 0.05) is 10.8 Å². The van der Waals surface area contributed by atoms with E-state index in [9.17, 15) is 9.60 Å². The molecule has 1 aromatic heterocycles. The lowest BCUT2D eigenvalue weighted by Gasteiger charge is -2.18. The monoisotopic (exact) mass is 572 g/mol. The summed E-state index contributed by atoms with van der Waals surface area (Å²) < 4.78 is 236. The molecule has 0 fully saturated rings. The van der Waals surface area contributed by atoms with Crippen molar-refractivity contribution in [3.63, 3.8) is 0 Å². The second kappa shape index (κ2) is 9.44. The van der Waals surface area contributed by atoms with Crippen molar-refractivity contribution in [1.29, 1.82) is 0 Å². The predicted molar refractivity (Wildman–Crippen MR) is 183 cm³/mol. The third kappa shape index (κ3) is 3.79. The lowest BCUT2D eigenvalue weighted by molar-refractivity contribution is 0.669. The summed E-state index contributed by atoms with van der Waals surface area (Å²) in [4.78, 5) is 0. The Balaban J connectivity index is 1.47. The van der Waals surface area contributed by atoms with Crippen LogP contribution in [0.5, 0.6) is 0 Å². The van der Waals surface area contributed by atoms with Crippen LogP contribution < -0.4 is 0 Å². The van der Waals surface area contributed by atoms with E-state index in [2.05, 4.69) is 0 Å². The van der Waals surface area contributed by atoms with Crippen molar-refractivity contribution >= 4 is 54.3 Å². The first-order valence-electron chi connectivity index (χ1n) is 25.7. The van der Waals surface area contributed by atoms with Gasteiger partial charge >= 0.3 is 0 Å². The zero-order chi connectivity index (χ0) is 51.0. The van der Waals surface area contributed by atoms with Crippen LogP contribution in [0.3, 0.4) is 0 Å². The van der Waals surface area contributed by atoms with Gasteiger partial charge in [0.1, 0.15) is 11.2 Å². The molecular formula is C42H26O. The van der Waals surface area contributed by atoms with Gasteiger partial charge in [0.2, 0.25) is 0 Å². The largest absolute Gasteiger partial charge is 0.456 e. The fourth-order valence-corrected chi connectivity index (χ4v) is 5.04. The number of fused-ring (bicyclic) bond motifs is 6. The SMILES string of the molecule is [2H]c1c([2H])c([2H])c(-c2c3c([2H])c([2H])c([2H])c([2H])c3c(-c3c([2H])c([2H])c(-c4c([2H])c([2H])c5c(oc6c([2H])c7c([2H])c([2H])c([2H])c([2H])c7c([2H])c65)c4[2H])c([2H])c3[2H])c3c([2H])c([2H])c([2H])c([2H])c23)c([2H])c1[2H]. The molecule has 9 aromatic rings. The van der Waals surface area contributed by atoms with Crippen LogP contribution in [0.25, 0.3) is 87.6 Å². The molecule has 0 saturated heterocycles. The summed E-state index contributed by atoms with van der Waals surface area (Å²) in [5.41, 5.74) is -5.54. The summed E-state index contributed by atoms with van der Waals surface area (Å²) in [5.74, 6) is 0. The molecule has 0 spiro atoms. The standard InChI is InChI=1S/C42H26O/c1-2-10-28(11-3-1)41-34-14-6-8-16-36(34)42(37-17-9-7-15-35(37)41)29-20-18-27(19-21-29)32-22-23-33-38-24-30-12-4-5-13-31(30)25-40(38)43-39(33)26-32/h1-26H/i1D,2D,3D,4D,5D,6D,7D,8D,9D,10D,11D,12D,13D,14D,15D,16D,17D,18D,19D,20D,21D,22D,23D,24D,25D,26D.